The van der Waals surface area contributed by atoms with Gasteiger partial charge in [0.15, 0.2) is 0 Å². The van der Waals surface area contributed by atoms with Gasteiger partial charge in [-0.3, -0.25) is 10.1 Å². The van der Waals surface area contributed by atoms with E-state index in [1.807, 2.05) is 0 Å². The Bertz CT molecular complexity index is 497. The summed E-state index contributed by atoms with van der Waals surface area (Å²) in [4.78, 5) is 20.7. The minimum absolute atomic E-state index is 0.0979. The van der Waals surface area contributed by atoms with Crippen molar-refractivity contribution < 1.29 is 24.0 Å². The normalized spacial score (nSPS) is 11.1. The van der Waals surface area contributed by atoms with Crippen LogP contribution >= 0.6 is 0 Å². The van der Waals surface area contributed by atoms with Crippen molar-refractivity contribution in [2.24, 2.45) is 0 Å². The summed E-state index contributed by atoms with van der Waals surface area (Å²) in [6.07, 6.45) is 0.837. The average Bonchev–Trinajstić information content (AvgIpc) is 2.29. The number of carbonyl (C=O) groups excluding carboxylic acids is 1. The van der Waals surface area contributed by atoms with E-state index in [-0.39, 0.29) is 5.56 Å². The second-order valence-electron chi connectivity index (χ2n) is 2.98. The van der Waals surface area contributed by atoms with Crippen LogP contribution in [0.1, 0.15) is 5.56 Å². The van der Waals surface area contributed by atoms with Crippen LogP contribution in [0.2, 0.25) is 0 Å². The van der Waals surface area contributed by atoms with Crippen LogP contribution in [0.3, 0.4) is 0 Å². The van der Waals surface area contributed by atoms with E-state index in [0.717, 1.165) is 25.3 Å². The lowest BCUT2D eigenvalue weighted by Gasteiger charge is -2.00. The van der Waals surface area contributed by atoms with Crippen LogP contribution < -0.4 is 0 Å². The monoisotopic (exact) mass is 241 g/mol. The number of nitrogens with zero attached hydrogens (tertiary/aromatic N) is 1. The van der Waals surface area contributed by atoms with E-state index in [4.69, 9.17) is 0 Å². The quantitative estimate of drug-likeness (QED) is 0.286. The summed E-state index contributed by atoms with van der Waals surface area (Å²) in [7, 11) is 1.05. The molecule has 1 aromatic carbocycles. The number of nitro benzene ring substituents is 1. The van der Waals surface area contributed by atoms with E-state index >= 15 is 0 Å². The molecule has 0 fully saturated rings. The maximum Gasteiger partial charge on any atom is 0.373 e. The van der Waals surface area contributed by atoms with E-state index in [0.29, 0.717) is 6.07 Å². The van der Waals surface area contributed by atoms with Crippen molar-refractivity contribution in [1.82, 2.24) is 0 Å². The Kier molecular flexibility index (Phi) is 3.76. The van der Waals surface area contributed by atoms with Crippen LogP contribution in [0.5, 0.6) is 0 Å². The zero-order valence-electron chi connectivity index (χ0n) is 8.71. The molecule has 17 heavy (non-hydrogen) atoms. The predicted molar refractivity (Wildman–Crippen MR) is 55.7 cm³/mol. The van der Waals surface area contributed by atoms with Crippen molar-refractivity contribution in [3.8, 4) is 0 Å². The third-order valence-electron chi connectivity index (χ3n) is 1.88. The molecule has 0 atom stereocenters. The smallest absolute Gasteiger partial charge is 0.373 e. The van der Waals surface area contributed by atoms with Crippen LogP contribution in [0.15, 0.2) is 24.0 Å². The number of methoxy groups -OCH3 is 1. The molecule has 90 valence electrons. The Morgan fingerprint density at radius 1 is 1.59 bits per heavy atom. The van der Waals surface area contributed by atoms with Gasteiger partial charge in [-0.1, -0.05) is 0 Å². The van der Waals surface area contributed by atoms with Gasteiger partial charge >= 0.3 is 5.97 Å². The largest absolute Gasteiger partial charge is 0.502 e. The summed E-state index contributed by atoms with van der Waals surface area (Å²) < 4.78 is 17.0. The minimum Gasteiger partial charge on any atom is -0.502 e. The molecule has 7 heteroatoms. The average molecular weight is 241 g/mol. The molecular weight excluding hydrogens is 233 g/mol. The number of hydrogen-bond acceptors (Lipinski definition) is 5. The maximum atomic E-state index is 12.8. The van der Waals surface area contributed by atoms with Gasteiger partial charge in [-0.25, -0.2) is 9.18 Å². The van der Waals surface area contributed by atoms with Gasteiger partial charge in [-0.05, 0) is 12.1 Å². The molecule has 1 N–H and O–H groups in total. The number of ether oxygens (including phenoxy) is 1. The SMILES string of the molecule is COC(=O)C(O)=Cc1ccc(F)cc1[N+](=O)[O-]. The molecule has 0 bridgehead atoms. The van der Waals surface area contributed by atoms with Gasteiger partial charge in [0.1, 0.15) is 5.82 Å². The summed E-state index contributed by atoms with van der Waals surface area (Å²) in [6.45, 7) is 0. The van der Waals surface area contributed by atoms with Gasteiger partial charge in [-0.2, -0.15) is 0 Å². The lowest BCUT2D eigenvalue weighted by Crippen LogP contribution is -2.04. The molecule has 0 aromatic heterocycles. The molecule has 0 aliphatic heterocycles. The first-order valence-electron chi connectivity index (χ1n) is 4.38. The number of esters is 1. The molecular formula is C10H8FNO5. The molecule has 0 radical (unpaired) electrons. The Labute approximate surface area is 95.1 Å². The molecule has 0 aliphatic rings. The highest BCUT2D eigenvalue weighted by Crippen LogP contribution is 2.22. The van der Waals surface area contributed by atoms with Crippen molar-refractivity contribution in [1.29, 1.82) is 0 Å². The fourth-order valence-electron chi connectivity index (χ4n) is 1.11. The molecule has 0 aliphatic carbocycles. The zero-order chi connectivity index (χ0) is 13.0. The summed E-state index contributed by atoms with van der Waals surface area (Å²) in [5.41, 5.74) is -0.653. The van der Waals surface area contributed by atoms with Crippen LogP contribution in [0.4, 0.5) is 10.1 Å². The minimum atomic E-state index is -1.04. The van der Waals surface area contributed by atoms with Gasteiger partial charge in [0.25, 0.3) is 5.69 Å². The molecule has 0 amide bonds. The maximum absolute atomic E-state index is 12.8. The van der Waals surface area contributed by atoms with E-state index in [1.165, 1.54) is 0 Å². The standard InChI is InChI=1S/C10H8FNO5/c1-17-10(14)9(13)4-6-2-3-7(11)5-8(6)12(15)16/h2-5,13H,1H3. The highest BCUT2D eigenvalue weighted by molar-refractivity contribution is 5.91. The first-order valence-corrected chi connectivity index (χ1v) is 4.38. The summed E-state index contributed by atoms with van der Waals surface area (Å²) in [5, 5.41) is 19.8. The molecule has 0 saturated heterocycles. The lowest BCUT2D eigenvalue weighted by atomic mass is 10.1. The summed E-state index contributed by atoms with van der Waals surface area (Å²) in [6, 6.07) is 2.74. The van der Waals surface area contributed by atoms with E-state index in [9.17, 15) is 24.4 Å². The van der Waals surface area contributed by atoms with E-state index in [1.54, 1.807) is 0 Å². The second-order valence-corrected chi connectivity index (χ2v) is 2.98. The predicted octanol–water partition coefficient (Wildman–Crippen LogP) is 1.81. The lowest BCUT2D eigenvalue weighted by molar-refractivity contribution is -0.385. The van der Waals surface area contributed by atoms with Gasteiger partial charge in [0, 0.05) is 6.08 Å². The highest BCUT2D eigenvalue weighted by Gasteiger charge is 2.16. The van der Waals surface area contributed by atoms with Crippen LogP contribution in [-0.4, -0.2) is 23.1 Å². The molecule has 0 heterocycles. The number of carbonyl (C=O) groups is 1. The highest BCUT2D eigenvalue weighted by atomic mass is 19.1. The summed E-state index contributed by atoms with van der Waals surface area (Å²) >= 11 is 0. The number of hydrogen-bond donors (Lipinski definition) is 1. The first-order chi connectivity index (χ1) is 7.95. The molecule has 6 nitrogen and oxygen atoms in total. The fraction of sp³-hybridized carbons (Fsp3) is 0.100. The third kappa shape index (κ3) is 3.00. The van der Waals surface area contributed by atoms with Crippen molar-refractivity contribution in [3.05, 3.63) is 45.5 Å². The number of rotatable bonds is 3. The summed E-state index contributed by atoms with van der Waals surface area (Å²) in [5.74, 6) is -2.63. The number of aliphatic hydroxyl groups is 1. The van der Waals surface area contributed by atoms with E-state index in [2.05, 4.69) is 4.74 Å². The van der Waals surface area contributed by atoms with Gasteiger partial charge in [-0.15, -0.1) is 0 Å². The topological polar surface area (TPSA) is 89.7 Å². The Morgan fingerprint density at radius 2 is 2.24 bits per heavy atom. The Morgan fingerprint density at radius 3 is 2.76 bits per heavy atom. The molecule has 1 aromatic rings. The zero-order valence-corrected chi connectivity index (χ0v) is 8.71. The van der Waals surface area contributed by atoms with Crippen molar-refractivity contribution in [3.63, 3.8) is 0 Å². The van der Waals surface area contributed by atoms with Crippen LogP contribution in [0.25, 0.3) is 6.08 Å². The van der Waals surface area contributed by atoms with Crippen LogP contribution in [0, 0.1) is 15.9 Å². The fourth-order valence-corrected chi connectivity index (χ4v) is 1.11. The number of benzene rings is 1. The van der Waals surface area contributed by atoms with Gasteiger partial charge < -0.3 is 9.84 Å². The first kappa shape index (κ1) is 12.6. The second kappa shape index (κ2) is 5.06. The molecule has 1 rings (SSSR count). The van der Waals surface area contributed by atoms with Crippen LogP contribution in [-0.2, 0) is 9.53 Å². The van der Waals surface area contributed by atoms with Crippen molar-refractivity contribution >= 4 is 17.7 Å². The van der Waals surface area contributed by atoms with Crippen molar-refractivity contribution in [2.75, 3.05) is 7.11 Å². The van der Waals surface area contributed by atoms with Crippen molar-refractivity contribution in [2.45, 2.75) is 0 Å². The molecule has 0 spiro atoms. The number of nitro groups is 1. The van der Waals surface area contributed by atoms with Gasteiger partial charge in [0.2, 0.25) is 5.76 Å². The number of halogens is 1. The number of aliphatic hydroxyl groups excluding tert-OH is 1. The Hall–Kier alpha value is -2.44. The van der Waals surface area contributed by atoms with E-state index < -0.39 is 28.2 Å². The molecule has 0 saturated carbocycles. The van der Waals surface area contributed by atoms with Gasteiger partial charge in [0.05, 0.1) is 23.7 Å². The Balaban J connectivity index is 3.23. The molecule has 0 unspecified atom stereocenters. The third-order valence-corrected chi connectivity index (χ3v) is 1.88.